The van der Waals surface area contributed by atoms with Gasteiger partial charge in [-0.15, -0.1) is 0 Å². The molecular weight excluding hydrogens is 505 g/mol. The minimum atomic E-state index is -0.303. The van der Waals surface area contributed by atoms with E-state index in [4.69, 9.17) is 20.8 Å². The lowest BCUT2D eigenvalue weighted by Gasteiger charge is -2.10. The van der Waals surface area contributed by atoms with Crippen molar-refractivity contribution in [2.24, 2.45) is 10.1 Å². The molecule has 202 valence electrons. The van der Waals surface area contributed by atoms with Crippen LogP contribution in [-0.2, 0) is 19.7 Å². The van der Waals surface area contributed by atoms with E-state index in [1.807, 2.05) is 19.1 Å². The minimum absolute atomic E-state index is 0.216. The molecule has 9 heteroatoms. The molecule has 0 aliphatic rings. The molecule has 0 atom stereocenters. The average molecular weight is 540 g/mol. The van der Waals surface area contributed by atoms with Crippen LogP contribution in [0.1, 0.15) is 51.2 Å². The van der Waals surface area contributed by atoms with Crippen LogP contribution < -0.4 is 20.8 Å². The van der Waals surface area contributed by atoms with E-state index < -0.39 is 0 Å². The molecule has 0 amide bonds. The number of nitrogens with one attached hydrogen (secondary N) is 3. The first-order valence-electron chi connectivity index (χ1n) is 12.6. The number of amidine groups is 1. The molecule has 3 aromatic rings. The first-order chi connectivity index (χ1) is 18.4. The van der Waals surface area contributed by atoms with Crippen molar-refractivity contribution in [2.75, 3.05) is 6.54 Å². The molecule has 2 aromatic carbocycles. The lowest BCUT2D eigenvalue weighted by atomic mass is 10.2. The van der Waals surface area contributed by atoms with E-state index >= 15 is 0 Å². The molecular formula is C29H35ClFN5O2. The van der Waals surface area contributed by atoms with Gasteiger partial charge in [0.25, 0.3) is 0 Å². The maximum absolute atomic E-state index is 13.4. The lowest BCUT2D eigenvalue weighted by molar-refractivity contribution is 0.306. The maximum Gasteiger partial charge on any atom is 0.138 e. The second kappa shape index (κ2) is 15.0. The van der Waals surface area contributed by atoms with Gasteiger partial charge >= 0.3 is 0 Å². The number of benzene rings is 2. The van der Waals surface area contributed by atoms with Gasteiger partial charge in [-0.05, 0) is 80.4 Å². The summed E-state index contributed by atoms with van der Waals surface area (Å²) >= 11 is 6.37. The Kier molecular flexibility index (Phi) is 11.4. The van der Waals surface area contributed by atoms with E-state index in [-0.39, 0.29) is 12.4 Å². The number of halogens is 2. The van der Waals surface area contributed by atoms with Gasteiger partial charge in [-0.2, -0.15) is 5.10 Å². The number of aliphatic imine (C=N–C) groups is 1. The molecule has 0 aliphatic carbocycles. The van der Waals surface area contributed by atoms with Gasteiger partial charge in [-0.3, -0.25) is 5.43 Å². The van der Waals surface area contributed by atoms with Gasteiger partial charge in [0.1, 0.15) is 35.5 Å². The highest BCUT2D eigenvalue weighted by Crippen LogP contribution is 2.29. The second-order valence-electron chi connectivity index (χ2n) is 8.65. The smallest absolute Gasteiger partial charge is 0.138 e. The molecule has 0 saturated carbocycles. The maximum atomic E-state index is 13.4. The zero-order valence-corrected chi connectivity index (χ0v) is 23.0. The van der Waals surface area contributed by atoms with Crippen LogP contribution in [0.25, 0.3) is 0 Å². The minimum Gasteiger partial charge on any atom is -0.487 e. The van der Waals surface area contributed by atoms with Gasteiger partial charge in [0.2, 0.25) is 0 Å². The second-order valence-corrected chi connectivity index (χ2v) is 9.06. The normalized spacial score (nSPS) is 12.5. The third-order valence-electron chi connectivity index (χ3n) is 5.63. The van der Waals surface area contributed by atoms with Gasteiger partial charge in [0.15, 0.2) is 0 Å². The predicted molar refractivity (Wildman–Crippen MR) is 153 cm³/mol. The molecule has 3 N–H and O–H groups in total. The Morgan fingerprint density at radius 1 is 1.05 bits per heavy atom. The SMILES string of the molecule is CCNCc1ccc(CNC(/C=N\NC(C)=Nc2ccc(OCc3cccc(F)c3)c(Cl)c2)=C(/C)CC)o1. The van der Waals surface area contributed by atoms with E-state index in [1.54, 1.807) is 36.5 Å². The molecule has 7 nitrogen and oxygen atoms in total. The molecule has 0 spiro atoms. The summed E-state index contributed by atoms with van der Waals surface area (Å²) in [6.07, 6.45) is 2.63. The largest absolute Gasteiger partial charge is 0.487 e. The third-order valence-corrected chi connectivity index (χ3v) is 5.92. The summed E-state index contributed by atoms with van der Waals surface area (Å²) in [5.41, 5.74) is 6.42. The van der Waals surface area contributed by atoms with E-state index in [0.29, 0.717) is 35.4 Å². The number of nitrogens with zero attached hydrogens (tertiary/aromatic N) is 2. The van der Waals surface area contributed by atoms with Crippen LogP contribution in [-0.4, -0.2) is 18.6 Å². The van der Waals surface area contributed by atoms with Crippen LogP contribution in [0, 0.1) is 5.82 Å². The van der Waals surface area contributed by atoms with Crippen molar-refractivity contribution in [3.05, 3.63) is 93.8 Å². The van der Waals surface area contributed by atoms with Crippen molar-refractivity contribution in [1.29, 1.82) is 0 Å². The van der Waals surface area contributed by atoms with Crippen molar-refractivity contribution in [1.82, 2.24) is 16.1 Å². The van der Waals surface area contributed by atoms with E-state index in [0.717, 1.165) is 35.7 Å². The first-order valence-corrected chi connectivity index (χ1v) is 13.0. The van der Waals surface area contributed by atoms with Crippen molar-refractivity contribution in [3.63, 3.8) is 0 Å². The summed E-state index contributed by atoms with van der Waals surface area (Å²) in [5.74, 6) is 2.56. The van der Waals surface area contributed by atoms with Crippen LogP contribution in [0.3, 0.4) is 0 Å². The van der Waals surface area contributed by atoms with E-state index in [9.17, 15) is 4.39 Å². The zero-order valence-electron chi connectivity index (χ0n) is 22.3. The lowest BCUT2D eigenvalue weighted by Crippen LogP contribution is -2.18. The third kappa shape index (κ3) is 9.36. The zero-order chi connectivity index (χ0) is 27.3. The van der Waals surface area contributed by atoms with Crippen LogP contribution in [0.15, 0.2) is 80.4 Å². The summed E-state index contributed by atoms with van der Waals surface area (Å²) in [5, 5.41) is 11.4. The fourth-order valence-electron chi connectivity index (χ4n) is 3.41. The highest BCUT2D eigenvalue weighted by molar-refractivity contribution is 6.32. The summed E-state index contributed by atoms with van der Waals surface area (Å²) in [7, 11) is 0. The number of allylic oxidation sites excluding steroid dienone is 2. The quantitative estimate of drug-likeness (QED) is 0.125. The van der Waals surface area contributed by atoms with Gasteiger partial charge in [0.05, 0.1) is 35.7 Å². The number of hydrazone groups is 1. The molecule has 0 unspecified atom stereocenters. The van der Waals surface area contributed by atoms with Crippen LogP contribution in [0.5, 0.6) is 5.75 Å². The number of ether oxygens (including phenoxy) is 1. The Bertz CT molecular complexity index is 1290. The fraction of sp³-hybridized carbons (Fsp3) is 0.310. The fourth-order valence-corrected chi connectivity index (χ4v) is 3.64. The van der Waals surface area contributed by atoms with Crippen molar-refractivity contribution >= 4 is 29.3 Å². The van der Waals surface area contributed by atoms with Gasteiger partial charge in [0, 0.05) is 0 Å². The molecule has 0 fully saturated rings. The molecule has 0 aliphatic heterocycles. The molecule has 1 aromatic heterocycles. The number of rotatable bonds is 13. The van der Waals surface area contributed by atoms with E-state index in [2.05, 4.69) is 46.9 Å². The van der Waals surface area contributed by atoms with Crippen LogP contribution in [0.4, 0.5) is 10.1 Å². The monoisotopic (exact) mass is 539 g/mol. The van der Waals surface area contributed by atoms with Gasteiger partial charge < -0.3 is 19.8 Å². The Morgan fingerprint density at radius 2 is 1.84 bits per heavy atom. The standard InChI is InChI=1S/C29H35ClFN5O2/c1-5-20(3)28(33-17-26-12-11-25(38-26)16-32-6-2)18-34-36-21(4)35-24-10-13-29(27(30)15-24)37-19-22-8-7-9-23(31)14-22/h7-15,18,32-33H,5-6,16-17,19H2,1-4H3,(H,35,36)/b28-20-,34-18-. The number of hydrogen-bond acceptors (Lipinski definition) is 6. The molecule has 0 saturated heterocycles. The van der Waals surface area contributed by atoms with Crippen molar-refractivity contribution in [3.8, 4) is 5.75 Å². The summed E-state index contributed by atoms with van der Waals surface area (Å²) in [6.45, 7) is 10.4. The number of furan rings is 1. The summed E-state index contributed by atoms with van der Waals surface area (Å²) in [6, 6.07) is 15.5. The molecule has 38 heavy (non-hydrogen) atoms. The molecule has 0 radical (unpaired) electrons. The van der Waals surface area contributed by atoms with Gasteiger partial charge in [-0.25, -0.2) is 9.38 Å². The highest BCUT2D eigenvalue weighted by atomic mass is 35.5. The van der Waals surface area contributed by atoms with Gasteiger partial charge in [-0.1, -0.05) is 37.6 Å². The molecule has 0 bridgehead atoms. The Balaban J connectivity index is 1.55. The van der Waals surface area contributed by atoms with E-state index in [1.165, 1.54) is 17.7 Å². The Labute approximate surface area is 228 Å². The topological polar surface area (TPSA) is 83.2 Å². The van der Waals surface area contributed by atoms with Crippen molar-refractivity contribution < 1.29 is 13.5 Å². The van der Waals surface area contributed by atoms with Crippen LogP contribution in [0.2, 0.25) is 5.02 Å². The van der Waals surface area contributed by atoms with Crippen LogP contribution >= 0.6 is 11.6 Å². The highest BCUT2D eigenvalue weighted by Gasteiger charge is 2.06. The average Bonchev–Trinajstić information content (AvgIpc) is 3.36. The predicted octanol–water partition coefficient (Wildman–Crippen LogP) is 6.86. The first kappa shape index (κ1) is 28.9. The Hall–Kier alpha value is -3.62. The van der Waals surface area contributed by atoms with Crippen molar-refractivity contribution in [2.45, 2.75) is 53.8 Å². The molecule has 3 rings (SSSR count). The molecule has 1 heterocycles. The number of hydrogen-bond donors (Lipinski definition) is 3. The summed E-state index contributed by atoms with van der Waals surface area (Å²) < 4.78 is 24.9. The summed E-state index contributed by atoms with van der Waals surface area (Å²) in [4.78, 5) is 4.52. The Morgan fingerprint density at radius 3 is 2.55 bits per heavy atom.